The van der Waals surface area contributed by atoms with Gasteiger partial charge in [0.05, 0.1) is 12.4 Å². The zero-order valence-corrected chi connectivity index (χ0v) is 11.2. The molecule has 0 heterocycles. The second kappa shape index (κ2) is 4.72. The van der Waals surface area contributed by atoms with E-state index in [1.165, 1.54) is 13.2 Å². The molecule has 98 valence electrons. The Morgan fingerprint density at radius 3 is 2.50 bits per heavy atom. The maximum atomic E-state index is 12.5. The Morgan fingerprint density at radius 1 is 1.28 bits per heavy atom. The molecule has 2 unspecified atom stereocenters. The number of rotatable bonds is 3. The standard InChI is InChI=1S/C13H16O4S/c1-9-10(14)7-8-12(9)18(15,16)13-6-4-3-5-11(13)17-2/h3-6,9,12H,7-8H2,1-2H3. The number of para-hydroxylation sites is 1. The van der Waals surface area contributed by atoms with E-state index >= 15 is 0 Å². The number of ketones is 1. The monoisotopic (exact) mass is 268 g/mol. The highest BCUT2D eigenvalue weighted by Gasteiger charge is 2.41. The van der Waals surface area contributed by atoms with E-state index in [0.29, 0.717) is 18.6 Å². The third-order valence-electron chi connectivity index (χ3n) is 3.51. The van der Waals surface area contributed by atoms with Gasteiger partial charge in [-0.2, -0.15) is 0 Å². The summed E-state index contributed by atoms with van der Waals surface area (Å²) < 4.78 is 30.2. The van der Waals surface area contributed by atoms with Gasteiger partial charge in [-0.3, -0.25) is 4.79 Å². The first-order chi connectivity index (χ1) is 8.48. The number of carbonyl (C=O) groups excluding carboxylic acids is 1. The normalized spacial score (nSPS) is 24.2. The van der Waals surface area contributed by atoms with Gasteiger partial charge < -0.3 is 4.74 Å². The summed E-state index contributed by atoms with van der Waals surface area (Å²) in [7, 11) is -2.07. The van der Waals surface area contributed by atoms with Crippen LogP contribution in [0.3, 0.4) is 0 Å². The van der Waals surface area contributed by atoms with Gasteiger partial charge in [0, 0.05) is 12.3 Å². The number of hydrogen-bond donors (Lipinski definition) is 0. The van der Waals surface area contributed by atoms with E-state index in [4.69, 9.17) is 4.74 Å². The highest BCUT2D eigenvalue weighted by Crippen LogP contribution is 2.35. The molecule has 0 aromatic heterocycles. The Morgan fingerprint density at radius 2 is 1.94 bits per heavy atom. The number of ether oxygens (including phenoxy) is 1. The largest absolute Gasteiger partial charge is 0.495 e. The van der Waals surface area contributed by atoms with E-state index < -0.39 is 21.0 Å². The van der Waals surface area contributed by atoms with Crippen molar-refractivity contribution in [1.29, 1.82) is 0 Å². The van der Waals surface area contributed by atoms with Gasteiger partial charge in [-0.15, -0.1) is 0 Å². The molecule has 0 radical (unpaired) electrons. The minimum absolute atomic E-state index is 0.0264. The Bertz CT molecular complexity index is 562. The van der Waals surface area contributed by atoms with Crippen LogP contribution >= 0.6 is 0 Å². The third-order valence-corrected chi connectivity index (χ3v) is 5.91. The average molecular weight is 268 g/mol. The number of methoxy groups -OCH3 is 1. The van der Waals surface area contributed by atoms with E-state index in [-0.39, 0.29) is 10.7 Å². The molecule has 0 spiro atoms. The number of sulfone groups is 1. The molecule has 1 aromatic carbocycles. The first-order valence-corrected chi connectivity index (χ1v) is 7.42. The lowest BCUT2D eigenvalue weighted by Gasteiger charge is -2.17. The summed E-state index contributed by atoms with van der Waals surface area (Å²) in [6.45, 7) is 1.69. The quantitative estimate of drug-likeness (QED) is 0.839. The molecule has 5 heteroatoms. The Kier molecular flexibility index (Phi) is 3.43. The lowest BCUT2D eigenvalue weighted by molar-refractivity contribution is -0.120. The molecule has 18 heavy (non-hydrogen) atoms. The fraction of sp³-hybridized carbons (Fsp3) is 0.462. The SMILES string of the molecule is COc1ccccc1S(=O)(=O)C1CCC(=O)C1C. The average Bonchev–Trinajstić information content (AvgIpc) is 2.70. The molecular formula is C13H16O4S. The summed E-state index contributed by atoms with van der Waals surface area (Å²) in [6.07, 6.45) is 0.751. The molecule has 1 aliphatic carbocycles. The van der Waals surface area contributed by atoms with Crippen LogP contribution in [0.25, 0.3) is 0 Å². The molecule has 0 N–H and O–H groups in total. The number of hydrogen-bond acceptors (Lipinski definition) is 4. The zero-order valence-electron chi connectivity index (χ0n) is 10.4. The first-order valence-electron chi connectivity index (χ1n) is 5.88. The van der Waals surface area contributed by atoms with Crippen molar-refractivity contribution < 1.29 is 17.9 Å². The van der Waals surface area contributed by atoms with E-state index in [1.54, 1.807) is 25.1 Å². The van der Waals surface area contributed by atoms with Crippen molar-refractivity contribution >= 4 is 15.6 Å². The van der Waals surface area contributed by atoms with Crippen LogP contribution in [0.15, 0.2) is 29.2 Å². The summed E-state index contributed by atoms with van der Waals surface area (Å²) >= 11 is 0. The highest BCUT2D eigenvalue weighted by molar-refractivity contribution is 7.92. The van der Waals surface area contributed by atoms with E-state index in [1.807, 2.05) is 0 Å². The molecule has 2 atom stereocenters. The van der Waals surface area contributed by atoms with Crippen molar-refractivity contribution in [2.75, 3.05) is 7.11 Å². The van der Waals surface area contributed by atoms with Crippen molar-refractivity contribution in [3.05, 3.63) is 24.3 Å². The van der Waals surface area contributed by atoms with Gasteiger partial charge in [0.15, 0.2) is 9.84 Å². The molecule has 0 saturated heterocycles. The topological polar surface area (TPSA) is 60.4 Å². The van der Waals surface area contributed by atoms with Gasteiger partial charge in [0.2, 0.25) is 0 Å². The van der Waals surface area contributed by atoms with Crippen LogP contribution < -0.4 is 4.74 Å². The van der Waals surface area contributed by atoms with Crippen molar-refractivity contribution in [3.8, 4) is 5.75 Å². The summed E-state index contributed by atoms with van der Waals surface area (Å²) in [5.41, 5.74) is 0. The first kappa shape index (κ1) is 13.1. The molecule has 0 amide bonds. The predicted molar refractivity (Wildman–Crippen MR) is 67.4 cm³/mol. The summed E-state index contributed by atoms with van der Waals surface area (Å²) in [5.74, 6) is -0.0672. The Hall–Kier alpha value is -1.36. The molecule has 1 aliphatic rings. The minimum Gasteiger partial charge on any atom is -0.495 e. The van der Waals surface area contributed by atoms with E-state index in [9.17, 15) is 13.2 Å². The minimum atomic E-state index is -3.51. The lowest BCUT2D eigenvalue weighted by atomic mass is 10.1. The summed E-state index contributed by atoms with van der Waals surface area (Å²) in [6, 6.07) is 6.54. The fourth-order valence-corrected chi connectivity index (χ4v) is 4.55. The molecule has 1 aromatic rings. The van der Waals surface area contributed by atoms with Crippen LogP contribution in [-0.2, 0) is 14.6 Å². The summed E-state index contributed by atoms with van der Waals surface area (Å²) in [5, 5.41) is -0.624. The Labute approximate surface area is 107 Å². The maximum absolute atomic E-state index is 12.5. The molecule has 0 aliphatic heterocycles. The fourth-order valence-electron chi connectivity index (χ4n) is 2.41. The highest BCUT2D eigenvalue weighted by atomic mass is 32.2. The van der Waals surface area contributed by atoms with Crippen LogP contribution in [0.1, 0.15) is 19.8 Å². The van der Waals surface area contributed by atoms with Gasteiger partial charge in [-0.05, 0) is 18.6 Å². The molecule has 1 saturated carbocycles. The van der Waals surface area contributed by atoms with Gasteiger partial charge in [0.1, 0.15) is 16.4 Å². The van der Waals surface area contributed by atoms with Crippen molar-refractivity contribution in [3.63, 3.8) is 0 Å². The van der Waals surface area contributed by atoms with Crippen LogP contribution in [0.5, 0.6) is 5.75 Å². The number of benzene rings is 1. The predicted octanol–water partition coefficient (Wildman–Crippen LogP) is 1.84. The smallest absolute Gasteiger partial charge is 0.185 e. The second-order valence-electron chi connectivity index (χ2n) is 4.53. The molecule has 1 fully saturated rings. The van der Waals surface area contributed by atoms with Crippen LogP contribution in [0, 0.1) is 5.92 Å². The van der Waals surface area contributed by atoms with Crippen molar-refractivity contribution in [2.24, 2.45) is 5.92 Å². The molecule has 2 rings (SSSR count). The van der Waals surface area contributed by atoms with Crippen LogP contribution in [0.2, 0.25) is 0 Å². The van der Waals surface area contributed by atoms with E-state index in [0.717, 1.165) is 0 Å². The second-order valence-corrected chi connectivity index (χ2v) is 6.66. The van der Waals surface area contributed by atoms with Crippen molar-refractivity contribution in [1.82, 2.24) is 0 Å². The third kappa shape index (κ3) is 2.03. The molecule has 0 bridgehead atoms. The number of Topliss-reactive ketones (excluding diaryl/α,β-unsaturated/α-hetero) is 1. The Balaban J connectivity index is 2.46. The van der Waals surface area contributed by atoms with Gasteiger partial charge in [-0.25, -0.2) is 8.42 Å². The lowest BCUT2D eigenvalue weighted by Crippen LogP contribution is -2.26. The van der Waals surface area contributed by atoms with Gasteiger partial charge >= 0.3 is 0 Å². The van der Waals surface area contributed by atoms with Gasteiger partial charge in [-0.1, -0.05) is 19.1 Å². The van der Waals surface area contributed by atoms with Crippen LogP contribution in [-0.4, -0.2) is 26.6 Å². The van der Waals surface area contributed by atoms with Crippen molar-refractivity contribution in [2.45, 2.75) is 29.9 Å². The van der Waals surface area contributed by atoms with Gasteiger partial charge in [0.25, 0.3) is 0 Å². The molecule has 4 nitrogen and oxygen atoms in total. The zero-order chi connectivity index (χ0) is 13.3. The molecular weight excluding hydrogens is 252 g/mol. The number of carbonyl (C=O) groups is 1. The van der Waals surface area contributed by atoms with Crippen LogP contribution in [0.4, 0.5) is 0 Å². The summed E-state index contributed by atoms with van der Waals surface area (Å²) in [4.78, 5) is 11.7. The maximum Gasteiger partial charge on any atom is 0.185 e. The van der Waals surface area contributed by atoms with E-state index in [2.05, 4.69) is 0 Å².